The Labute approximate surface area is 123 Å². The highest BCUT2D eigenvalue weighted by Gasteiger charge is 2.35. The van der Waals surface area contributed by atoms with Gasteiger partial charge in [-0.1, -0.05) is 0 Å². The highest BCUT2D eigenvalue weighted by molar-refractivity contribution is 5.82. The molecule has 21 heavy (non-hydrogen) atoms. The number of rotatable bonds is 3. The number of amides is 2. The van der Waals surface area contributed by atoms with Gasteiger partial charge in [0.15, 0.2) is 0 Å². The van der Waals surface area contributed by atoms with Crippen LogP contribution in [0.4, 0.5) is 0 Å². The lowest BCUT2D eigenvalue weighted by Gasteiger charge is -2.39. The van der Waals surface area contributed by atoms with E-state index in [1.807, 2.05) is 0 Å². The fraction of sp³-hybridized carbons (Fsp3) is 0.786. The second-order valence-corrected chi connectivity index (χ2v) is 5.66. The van der Waals surface area contributed by atoms with Crippen molar-refractivity contribution >= 4 is 17.8 Å². The average Bonchev–Trinajstić information content (AvgIpc) is 2.46. The van der Waals surface area contributed by atoms with Gasteiger partial charge in [0, 0.05) is 26.6 Å². The number of carboxylic acid groups (broad SMARTS) is 1. The van der Waals surface area contributed by atoms with Crippen molar-refractivity contribution in [2.45, 2.75) is 32.2 Å². The molecule has 7 nitrogen and oxygen atoms in total. The van der Waals surface area contributed by atoms with Gasteiger partial charge in [-0.25, -0.2) is 0 Å². The SMILES string of the molecule is CC(=O)N1CCCC(C(=O)N2CCOCC2CC(=O)O)C1. The van der Waals surface area contributed by atoms with Crippen molar-refractivity contribution < 1.29 is 24.2 Å². The van der Waals surface area contributed by atoms with Crippen molar-refractivity contribution in [2.24, 2.45) is 5.92 Å². The Bertz CT molecular complexity index is 426. The third-order valence-corrected chi connectivity index (χ3v) is 4.14. The smallest absolute Gasteiger partial charge is 0.305 e. The number of nitrogens with zero attached hydrogens (tertiary/aromatic N) is 2. The van der Waals surface area contributed by atoms with Gasteiger partial charge in [-0.3, -0.25) is 14.4 Å². The minimum absolute atomic E-state index is 0.0171. The second kappa shape index (κ2) is 6.89. The minimum Gasteiger partial charge on any atom is -0.481 e. The van der Waals surface area contributed by atoms with Crippen LogP contribution in [-0.2, 0) is 19.1 Å². The van der Waals surface area contributed by atoms with Gasteiger partial charge >= 0.3 is 5.97 Å². The van der Waals surface area contributed by atoms with E-state index in [4.69, 9.17) is 9.84 Å². The Morgan fingerprint density at radius 2 is 2.05 bits per heavy atom. The van der Waals surface area contributed by atoms with Gasteiger partial charge in [-0.2, -0.15) is 0 Å². The zero-order valence-electron chi connectivity index (χ0n) is 12.3. The molecule has 0 aromatic heterocycles. The second-order valence-electron chi connectivity index (χ2n) is 5.66. The lowest BCUT2D eigenvalue weighted by molar-refractivity contribution is -0.150. The number of hydrogen-bond donors (Lipinski definition) is 1. The number of hydrogen-bond acceptors (Lipinski definition) is 4. The molecule has 2 amide bonds. The molecule has 0 aromatic rings. The molecule has 1 N–H and O–H groups in total. The summed E-state index contributed by atoms with van der Waals surface area (Å²) in [5.41, 5.74) is 0. The molecule has 0 spiro atoms. The minimum atomic E-state index is -0.933. The van der Waals surface area contributed by atoms with Crippen molar-refractivity contribution in [3.63, 3.8) is 0 Å². The molecule has 0 radical (unpaired) electrons. The van der Waals surface area contributed by atoms with Crippen LogP contribution in [0.5, 0.6) is 0 Å². The number of carbonyl (C=O) groups is 3. The normalized spacial score (nSPS) is 26.5. The highest BCUT2D eigenvalue weighted by atomic mass is 16.5. The van der Waals surface area contributed by atoms with E-state index in [1.165, 1.54) is 6.92 Å². The van der Waals surface area contributed by atoms with Gasteiger partial charge in [0.05, 0.1) is 31.6 Å². The monoisotopic (exact) mass is 298 g/mol. The molecule has 2 rings (SSSR count). The van der Waals surface area contributed by atoms with Crippen molar-refractivity contribution in [3.8, 4) is 0 Å². The first-order chi connectivity index (χ1) is 9.99. The average molecular weight is 298 g/mol. The summed E-state index contributed by atoms with van der Waals surface area (Å²) < 4.78 is 5.29. The Morgan fingerprint density at radius 1 is 1.29 bits per heavy atom. The van der Waals surface area contributed by atoms with Crippen LogP contribution in [0.15, 0.2) is 0 Å². The van der Waals surface area contributed by atoms with Crippen molar-refractivity contribution in [2.75, 3.05) is 32.8 Å². The van der Waals surface area contributed by atoms with Crippen molar-refractivity contribution in [3.05, 3.63) is 0 Å². The number of aliphatic carboxylic acids is 1. The van der Waals surface area contributed by atoms with Gasteiger partial charge in [0.2, 0.25) is 11.8 Å². The summed E-state index contributed by atoms with van der Waals surface area (Å²) >= 11 is 0. The van der Waals surface area contributed by atoms with Crippen molar-refractivity contribution in [1.82, 2.24) is 9.80 Å². The Morgan fingerprint density at radius 3 is 2.71 bits per heavy atom. The number of morpholine rings is 1. The van der Waals surface area contributed by atoms with E-state index >= 15 is 0 Å². The molecule has 2 unspecified atom stereocenters. The molecule has 0 aromatic carbocycles. The molecule has 118 valence electrons. The van der Waals surface area contributed by atoms with Gasteiger partial charge in [0.1, 0.15) is 0 Å². The van der Waals surface area contributed by atoms with Crippen LogP contribution in [0, 0.1) is 5.92 Å². The largest absolute Gasteiger partial charge is 0.481 e. The quantitative estimate of drug-likeness (QED) is 0.789. The molecule has 2 fully saturated rings. The van der Waals surface area contributed by atoms with E-state index in [1.54, 1.807) is 9.80 Å². The third-order valence-electron chi connectivity index (χ3n) is 4.14. The molecular formula is C14H22N2O5. The van der Waals surface area contributed by atoms with Crippen LogP contribution in [-0.4, -0.2) is 71.6 Å². The standard InChI is InChI=1S/C14H22N2O5/c1-10(17)15-4-2-3-11(8-15)14(20)16-5-6-21-9-12(16)7-13(18)19/h11-12H,2-9H2,1H3,(H,18,19). The summed E-state index contributed by atoms with van der Waals surface area (Å²) in [6.07, 6.45) is 1.46. The number of carbonyl (C=O) groups excluding carboxylic acids is 2. The molecule has 2 saturated heterocycles. The van der Waals surface area contributed by atoms with Crippen LogP contribution in [0.3, 0.4) is 0 Å². The predicted molar refractivity (Wildman–Crippen MR) is 73.6 cm³/mol. The van der Waals surface area contributed by atoms with Gasteiger partial charge in [-0.05, 0) is 12.8 Å². The molecule has 2 heterocycles. The number of carboxylic acids is 1. The molecular weight excluding hydrogens is 276 g/mol. The number of piperidine rings is 1. The fourth-order valence-electron chi connectivity index (χ4n) is 3.01. The number of likely N-dealkylation sites (tertiary alicyclic amines) is 1. The summed E-state index contributed by atoms with van der Waals surface area (Å²) in [5.74, 6) is -1.22. The summed E-state index contributed by atoms with van der Waals surface area (Å²) in [4.78, 5) is 38.3. The van der Waals surface area contributed by atoms with Gasteiger partial charge < -0.3 is 19.6 Å². The molecule has 0 aliphatic carbocycles. The van der Waals surface area contributed by atoms with Crippen LogP contribution in [0.1, 0.15) is 26.2 Å². The first-order valence-electron chi connectivity index (χ1n) is 7.34. The zero-order valence-corrected chi connectivity index (χ0v) is 12.3. The van der Waals surface area contributed by atoms with Crippen LogP contribution in [0.2, 0.25) is 0 Å². The first kappa shape index (κ1) is 15.8. The molecule has 2 atom stereocenters. The Kier molecular flexibility index (Phi) is 5.17. The predicted octanol–water partition coefficient (Wildman–Crippen LogP) is -0.0530. The van der Waals surface area contributed by atoms with Crippen LogP contribution < -0.4 is 0 Å². The third kappa shape index (κ3) is 3.93. The first-order valence-corrected chi connectivity index (χ1v) is 7.34. The zero-order chi connectivity index (χ0) is 15.4. The fourth-order valence-corrected chi connectivity index (χ4v) is 3.01. The molecule has 7 heteroatoms. The summed E-state index contributed by atoms with van der Waals surface area (Å²) in [6.45, 7) is 3.76. The van der Waals surface area contributed by atoms with E-state index in [-0.39, 0.29) is 30.8 Å². The van der Waals surface area contributed by atoms with Crippen LogP contribution in [0.25, 0.3) is 0 Å². The van der Waals surface area contributed by atoms with Crippen molar-refractivity contribution in [1.29, 1.82) is 0 Å². The maximum Gasteiger partial charge on any atom is 0.305 e. The lowest BCUT2D eigenvalue weighted by atomic mass is 9.95. The number of ether oxygens (including phenoxy) is 1. The van der Waals surface area contributed by atoms with Gasteiger partial charge in [0.25, 0.3) is 0 Å². The molecule has 2 aliphatic heterocycles. The molecule has 0 bridgehead atoms. The van der Waals surface area contributed by atoms with E-state index in [2.05, 4.69) is 0 Å². The maximum absolute atomic E-state index is 12.7. The lowest BCUT2D eigenvalue weighted by Crippen LogP contribution is -2.54. The maximum atomic E-state index is 12.7. The summed E-state index contributed by atoms with van der Waals surface area (Å²) in [5, 5.41) is 8.94. The van der Waals surface area contributed by atoms with Crippen LogP contribution >= 0.6 is 0 Å². The topological polar surface area (TPSA) is 87.2 Å². The van der Waals surface area contributed by atoms with Gasteiger partial charge in [-0.15, -0.1) is 0 Å². The molecule has 2 aliphatic rings. The van der Waals surface area contributed by atoms with E-state index < -0.39 is 12.0 Å². The summed E-state index contributed by atoms with van der Waals surface area (Å²) in [6, 6.07) is -0.406. The van der Waals surface area contributed by atoms with E-state index in [9.17, 15) is 14.4 Å². The Balaban J connectivity index is 2.02. The van der Waals surface area contributed by atoms with E-state index in [0.717, 1.165) is 12.8 Å². The van der Waals surface area contributed by atoms with E-state index in [0.29, 0.717) is 26.2 Å². The molecule has 0 saturated carbocycles. The Hall–Kier alpha value is -1.63. The summed E-state index contributed by atoms with van der Waals surface area (Å²) in [7, 11) is 0. The highest BCUT2D eigenvalue weighted by Crippen LogP contribution is 2.22.